The fourth-order valence-corrected chi connectivity index (χ4v) is 3.45. The summed E-state index contributed by atoms with van der Waals surface area (Å²) in [5.41, 5.74) is 4.42. The van der Waals surface area contributed by atoms with Crippen LogP contribution in [0.3, 0.4) is 0 Å². The van der Waals surface area contributed by atoms with Crippen molar-refractivity contribution in [2.75, 3.05) is 20.3 Å². The maximum Gasteiger partial charge on any atom is 0.218 e. The number of rotatable bonds is 9. The smallest absolute Gasteiger partial charge is 0.218 e. The van der Waals surface area contributed by atoms with Gasteiger partial charge in [0.1, 0.15) is 5.78 Å². The van der Waals surface area contributed by atoms with Crippen LogP contribution in [0.5, 0.6) is 0 Å². The number of hydrogen-bond donors (Lipinski definition) is 1. The van der Waals surface area contributed by atoms with Gasteiger partial charge in [0, 0.05) is 18.5 Å². The maximum atomic E-state index is 12.6. The van der Waals surface area contributed by atoms with E-state index in [0.29, 0.717) is 24.6 Å². The van der Waals surface area contributed by atoms with Gasteiger partial charge in [0.05, 0.1) is 44.7 Å². The van der Waals surface area contributed by atoms with Gasteiger partial charge >= 0.3 is 0 Å². The zero-order chi connectivity index (χ0) is 19.9. The highest BCUT2D eigenvalue weighted by atomic mass is 16.5. The second-order valence-electron chi connectivity index (χ2n) is 6.93. The van der Waals surface area contributed by atoms with Gasteiger partial charge in [-0.1, -0.05) is 37.3 Å². The number of aliphatic hydroxyl groups is 1. The zero-order valence-electron chi connectivity index (χ0n) is 16.4. The Morgan fingerprint density at radius 1 is 1.29 bits per heavy atom. The molecule has 28 heavy (non-hydrogen) atoms. The molecule has 1 aliphatic rings. The van der Waals surface area contributed by atoms with E-state index in [0.717, 1.165) is 22.4 Å². The molecule has 1 atom stereocenters. The van der Waals surface area contributed by atoms with E-state index >= 15 is 0 Å². The Hall–Kier alpha value is -2.57. The Kier molecular flexibility index (Phi) is 6.90. The first-order chi connectivity index (χ1) is 13.6. The van der Waals surface area contributed by atoms with Gasteiger partial charge in [-0.2, -0.15) is 0 Å². The molecular formula is C22H26N2O4. The molecule has 1 aliphatic heterocycles. The molecule has 0 unspecified atom stereocenters. The number of ketones is 1. The molecule has 0 bridgehead atoms. The summed E-state index contributed by atoms with van der Waals surface area (Å²) in [4.78, 5) is 21.7. The number of aliphatic imine (C=N–C) groups is 1. The average molecular weight is 382 g/mol. The summed E-state index contributed by atoms with van der Waals surface area (Å²) in [6.45, 7) is 3.00. The van der Waals surface area contributed by atoms with Crippen LogP contribution >= 0.6 is 0 Å². The normalized spacial score (nSPS) is 13.8. The molecule has 1 aromatic carbocycles. The first-order valence-corrected chi connectivity index (χ1v) is 9.48. The van der Waals surface area contributed by atoms with Crippen molar-refractivity contribution in [1.29, 1.82) is 0 Å². The number of carbonyl (C=O) groups is 1. The number of methoxy groups -OCH3 is 1. The van der Waals surface area contributed by atoms with Crippen molar-refractivity contribution in [3.8, 4) is 0 Å². The van der Waals surface area contributed by atoms with Gasteiger partial charge in [0.15, 0.2) is 0 Å². The van der Waals surface area contributed by atoms with Crippen LogP contribution in [0.15, 0.2) is 41.4 Å². The fraction of sp³-hybridized carbons (Fsp3) is 0.409. The van der Waals surface area contributed by atoms with E-state index in [-0.39, 0.29) is 37.9 Å². The van der Waals surface area contributed by atoms with Gasteiger partial charge in [-0.15, -0.1) is 0 Å². The van der Waals surface area contributed by atoms with Gasteiger partial charge < -0.3 is 14.6 Å². The first-order valence-electron chi connectivity index (χ1n) is 9.48. The van der Waals surface area contributed by atoms with Crippen molar-refractivity contribution < 1.29 is 19.4 Å². The third-order valence-corrected chi connectivity index (χ3v) is 4.78. The van der Waals surface area contributed by atoms with Crippen molar-refractivity contribution >= 4 is 11.7 Å². The molecule has 0 spiro atoms. The molecule has 0 saturated carbocycles. The van der Waals surface area contributed by atoms with E-state index in [2.05, 4.69) is 16.9 Å². The summed E-state index contributed by atoms with van der Waals surface area (Å²) >= 11 is 0. The highest BCUT2D eigenvalue weighted by Crippen LogP contribution is 2.25. The fourth-order valence-electron chi connectivity index (χ4n) is 3.45. The molecule has 0 radical (unpaired) electrons. The number of fused-ring (bicyclic) bond motifs is 1. The van der Waals surface area contributed by atoms with Crippen molar-refractivity contribution in [2.24, 2.45) is 4.99 Å². The molecule has 0 saturated heterocycles. The van der Waals surface area contributed by atoms with Gasteiger partial charge in [-0.05, 0) is 23.1 Å². The molecule has 6 heteroatoms. The van der Waals surface area contributed by atoms with Crippen LogP contribution in [0.25, 0.3) is 0 Å². The summed E-state index contributed by atoms with van der Waals surface area (Å²) in [6.07, 6.45) is 0.749. The van der Waals surface area contributed by atoms with Crippen LogP contribution in [-0.2, 0) is 33.8 Å². The van der Waals surface area contributed by atoms with E-state index in [1.807, 2.05) is 36.4 Å². The van der Waals surface area contributed by atoms with Gasteiger partial charge in [0.2, 0.25) is 5.90 Å². The lowest BCUT2D eigenvalue weighted by Crippen LogP contribution is -2.14. The topological polar surface area (TPSA) is 81.0 Å². The summed E-state index contributed by atoms with van der Waals surface area (Å²) in [5.74, 6) is 0.858. The predicted octanol–water partition coefficient (Wildman–Crippen LogP) is 2.80. The van der Waals surface area contributed by atoms with Gasteiger partial charge in [-0.25, -0.2) is 4.99 Å². The highest BCUT2D eigenvalue weighted by molar-refractivity contribution is 5.98. The van der Waals surface area contributed by atoms with Crippen LogP contribution < -0.4 is 0 Å². The van der Waals surface area contributed by atoms with Crippen molar-refractivity contribution in [2.45, 2.75) is 38.8 Å². The van der Waals surface area contributed by atoms with Crippen molar-refractivity contribution in [3.05, 3.63) is 64.5 Å². The quantitative estimate of drug-likeness (QED) is 0.675. The third-order valence-electron chi connectivity index (χ3n) is 4.78. The minimum Gasteiger partial charge on any atom is -0.481 e. The van der Waals surface area contributed by atoms with Crippen LogP contribution in [0.2, 0.25) is 0 Å². The Morgan fingerprint density at radius 2 is 2.07 bits per heavy atom. The van der Waals surface area contributed by atoms with Gasteiger partial charge in [0.25, 0.3) is 0 Å². The zero-order valence-corrected chi connectivity index (χ0v) is 16.4. The number of pyridine rings is 1. The number of Topliss-reactive ketones (excluding diaryl/α,β-unsaturated/α-hetero) is 1. The Labute approximate surface area is 165 Å². The lowest BCUT2D eigenvalue weighted by atomic mass is 9.94. The molecule has 0 fully saturated rings. The van der Waals surface area contributed by atoms with E-state index in [1.54, 1.807) is 7.11 Å². The SMILES string of the molecule is COC1=NCc2cc(CC(=O)C[C@H](C)c3ccccc3)nc(COCCO)c21. The van der Waals surface area contributed by atoms with E-state index < -0.39 is 0 Å². The number of benzene rings is 1. The maximum absolute atomic E-state index is 12.6. The number of hydrogen-bond acceptors (Lipinski definition) is 6. The van der Waals surface area contributed by atoms with Crippen LogP contribution in [0.1, 0.15) is 47.3 Å². The molecule has 1 aromatic heterocycles. The predicted molar refractivity (Wildman–Crippen MR) is 106 cm³/mol. The minimum atomic E-state index is -0.0526. The molecule has 0 aliphatic carbocycles. The largest absolute Gasteiger partial charge is 0.481 e. The van der Waals surface area contributed by atoms with Crippen molar-refractivity contribution in [3.63, 3.8) is 0 Å². The Bertz CT molecular complexity index is 849. The summed E-state index contributed by atoms with van der Waals surface area (Å²) in [7, 11) is 1.58. The molecule has 6 nitrogen and oxygen atoms in total. The summed E-state index contributed by atoms with van der Waals surface area (Å²) in [6, 6.07) is 12.0. The first kappa shape index (κ1) is 20.2. The summed E-state index contributed by atoms with van der Waals surface area (Å²) in [5, 5.41) is 8.95. The molecule has 3 rings (SSSR count). The summed E-state index contributed by atoms with van der Waals surface area (Å²) < 4.78 is 10.8. The molecule has 148 valence electrons. The van der Waals surface area contributed by atoms with Gasteiger partial charge in [-0.3, -0.25) is 9.78 Å². The number of carbonyl (C=O) groups excluding carboxylic acids is 1. The standard InChI is InChI=1S/C22H26N2O4/c1-15(16-6-4-3-5-7-16)10-19(26)12-18-11-17-13-23-22(27-2)21(17)20(24-18)14-28-9-8-25/h3-7,11,15,25H,8-10,12-14H2,1-2H3/t15-/m0/s1. The van der Waals surface area contributed by atoms with Crippen LogP contribution in [-0.4, -0.2) is 42.1 Å². The van der Waals surface area contributed by atoms with Crippen LogP contribution in [0, 0.1) is 0 Å². The Balaban J connectivity index is 1.73. The number of ether oxygens (including phenoxy) is 2. The molecular weight excluding hydrogens is 356 g/mol. The second-order valence-corrected chi connectivity index (χ2v) is 6.93. The lowest BCUT2D eigenvalue weighted by molar-refractivity contribution is -0.118. The monoisotopic (exact) mass is 382 g/mol. The average Bonchev–Trinajstić information content (AvgIpc) is 3.12. The van der Waals surface area contributed by atoms with E-state index in [4.69, 9.17) is 14.6 Å². The number of aliphatic hydroxyl groups excluding tert-OH is 1. The van der Waals surface area contributed by atoms with E-state index in [1.165, 1.54) is 0 Å². The molecule has 1 N–H and O–H groups in total. The third kappa shape index (κ3) is 4.82. The molecule has 0 amide bonds. The number of nitrogens with zero attached hydrogens (tertiary/aromatic N) is 2. The van der Waals surface area contributed by atoms with Crippen LogP contribution in [0.4, 0.5) is 0 Å². The Morgan fingerprint density at radius 3 is 2.79 bits per heavy atom. The van der Waals surface area contributed by atoms with E-state index in [9.17, 15) is 4.79 Å². The number of aromatic nitrogens is 1. The minimum absolute atomic E-state index is 0.0526. The second kappa shape index (κ2) is 9.57. The highest BCUT2D eigenvalue weighted by Gasteiger charge is 2.24. The lowest BCUT2D eigenvalue weighted by Gasteiger charge is -2.13. The molecule has 2 aromatic rings. The molecule has 2 heterocycles. The van der Waals surface area contributed by atoms with Crippen molar-refractivity contribution in [1.82, 2.24) is 4.98 Å².